The number of methoxy groups -OCH3 is 1. The van der Waals surface area contributed by atoms with Gasteiger partial charge in [-0.2, -0.15) is 0 Å². The van der Waals surface area contributed by atoms with Crippen molar-refractivity contribution in [3.05, 3.63) is 89.0 Å². The number of benzene rings is 3. The zero-order chi connectivity index (χ0) is 20.2. The molecule has 0 aliphatic heterocycles. The zero-order valence-electron chi connectivity index (χ0n) is 17.0. The molecule has 3 aromatic carbocycles. The van der Waals surface area contributed by atoms with Crippen LogP contribution in [0.15, 0.2) is 66.7 Å². The summed E-state index contributed by atoms with van der Waals surface area (Å²) in [5.41, 5.74) is 7.57. The highest BCUT2D eigenvalue weighted by molar-refractivity contribution is 5.69. The Morgan fingerprint density at radius 1 is 0.966 bits per heavy atom. The van der Waals surface area contributed by atoms with E-state index in [9.17, 15) is 4.79 Å². The SMILES string of the molecule is COC(=O)CCc1ccc(OC2CCc3cc(-c4ccc(C)cc4)ccc32)cc1. The Morgan fingerprint density at radius 3 is 2.41 bits per heavy atom. The van der Waals surface area contributed by atoms with E-state index in [2.05, 4.69) is 49.4 Å². The van der Waals surface area contributed by atoms with E-state index in [0.29, 0.717) is 12.8 Å². The van der Waals surface area contributed by atoms with Crippen LogP contribution in [0.1, 0.15) is 41.2 Å². The third-order valence-electron chi connectivity index (χ3n) is 5.60. The zero-order valence-corrected chi connectivity index (χ0v) is 17.0. The Labute approximate surface area is 172 Å². The Kier molecular flexibility index (Phi) is 5.66. The van der Waals surface area contributed by atoms with Crippen LogP contribution in [-0.4, -0.2) is 13.1 Å². The van der Waals surface area contributed by atoms with Crippen LogP contribution in [0.5, 0.6) is 5.75 Å². The van der Waals surface area contributed by atoms with Gasteiger partial charge in [0.1, 0.15) is 11.9 Å². The van der Waals surface area contributed by atoms with Gasteiger partial charge in [-0.3, -0.25) is 4.79 Å². The van der Waals surface area contributed by atoms with Gasteiger partial charge in [0.2, 0.25) is 0 Å². The first-order chi connectivity index (χ1) is 14.1. The fourth-order valence-corrected chi connectivity index (χ4v) is 3.87. The van der Waals surface area contributed by atoms with Crippen LogP contribution in [0.4, 0.5) is 0 Å². The molecule has 0 saturated heterocycles. The van der Waals surface area contributed by atoms with E-state index >= 15 is 0 Å². The van der Waals surface area contributed by atoms with Crippen molar-refractivity contribution in [2.45, 2.75) is 38.7 Å². The molecular weight excluding hydrogens is 360 g/mol. The van der Waals surface area contributed by atoms with Crippen LogP contribution in [0.25, 0.3) is 11.1 Å². The number of carbonyl (C=O) groups is 1. The molecule has 29 heavy (non-hydrogen) atoms. The van der Waals surface area contributed by atoms with Crippen molar-refractivity contribution >= 4 is 5.97 Å². The standard InChI is InChI=1S/C26H26O3/c1-18-3-8-20(9-4-18)21-10-14-24-22(17-21)11-15-25(24)29-23-12-5-19(6-13-23)7-16-26(27)28-2/h3-6,8-10,12-14,17,25H,7,11,15-16H2,1-2H3. The number of rotatable bonds is 6. The lowest BCUT2D eigenvalue weighted by atomic mass is 9.99. The molecular formula is C26H26O3. The van der Waals surface area contributed by atoms with Crippen molar-refractivity contribution in [1.82, 2.24) is 0 Å². The van der Waals surface area contributed by atoms with Crippen molar-refractivity contribution in [2.75, 3.05) is 7.11 Å². The summed E-state index contributed by atoms with van der Waals surface area (Å²) in [7, 11) is 1.42. The molecule has 0 spiro atoms. The number of esters is 1. The quantitative estimate of drug-likeness (QED) is 0.500. The van der Waals surface area contributed by atoms with E-state index in [-0.39, 0.29) is 12.1 Å². The largest absolute Gasteiger partial charge is 0.486 e. The maximum Gasteiger partial charge on any atom is 0.305 e. The average molecular weight is 386 g/mol. The molecule has 148 valence electrons. The predicted molar refractivity (Wildman–Crippen MR) is 115 cm³/mol. The first-order valence-corrected chi connectivity index (χ1v) is 10.1. The highest BCUT2D eigenvalue weighted by Gasteiger charge is 2.24. The molecule has 0 bridgehead atoms. The fourth-order valence-electron chi connectivity index (χ4n) is 3.87. The monoisotopic (exact) mass is 386 g/mol. The summed E-state index contributed by atoms with van der Waals surface area (Å²) in [6.07, 6.45) is 3.21. The lowest BCUT2D eigenvalue weighted by Crippen LogP contribution is -2.04. The van der Waals surface area contributed by atoms with Gasteiger partial charge in [0.15, 0.2) is 0 Å². The Bertz CT molecular complexity index is 987. The summed E-state index contributed by atoms with van der Waals surface area (Å²) >= 11 is 0. The maximum absolute atomic E-state index is 11.3. The lowest BCUT2D eigenvalue weighted by molar-refractivity contribution is -0.140. The van der Waals surface area contributed by atoms with Crippen molar-refractivity contribution < 1.29 is 14.3 Å². The van der Waals surface area contributed by atoms with Crippen molar-refractivity contribution in [3.8, 4) is 16.9 Å². The van der Waals surface area contributed by atoms with Crippen LogP contribution in [0, 0.1) is 6.92 Å². The summed E-state index contributed by atoms with van der Waals surface area (Å²) in [5.74, 6) is 0.685. The highest BCUT2D eigenvalue weighted by atomic mass is 16.5. The van der Waals surface area contributed by atoms with Gasteiger partial charge < -0.3 is 9.47 Å². The lowest BCUT2D eigenvalue weighted by Gasteiger charge is -2.16. The number of carbonyl (C=O) groups excluding carboxylic acids is 1. The van der Waals surface area contributed by atoms with Crippen LogP contribution < -0.4 is 4.74 Å². The smallest absolute Gasteiger partial charge is 0.305 e. The second kappa shape index (κ2) is 8.52. The molecule has 3 nitrogen and oxygen atoms in total. The molecule has 0 aromatic heterocycles. The Morgan fingerprint density at radius 2 is 1.69 bits per heavy atom. The number of hydrogen-bond acceptors (Lipinski definition) is 3. The van der Waals surface area contributed by atoms with E-state index in [0.717, 1.165) is 24.2 Å². The van der Waals surface area contributed by atoms with Crippen LogP contribution >= 0.6 is 0 Å². The van der Waals surface area contributed by atoms with Gasteiger partial charge in [-0.25, -0.2) is 0 Å². The van der Waals surface area contributed by atoms with Crippen LogP contribution in [-0.2, 0) is 22.4 Å². The molecule has 0 amide bonds. The van der Waals surface area contributed by atoms with Gasteiger partial charge in [-0.1, -0.05) is 60.2 Å². The minimum absolute atomic E-state index is 0.0954. The van der Waals surface area contributed by atoms with Gasteiger partial charge >= 0.3 is 5.97 Å². The summed E-state index contributed by atoms with van der Waals surface area (Å²) < 4.78 is 11.0. The molecule has 1 aliphatic carbocycles. The molecule has 0 fully saturated rings. The first-order valence-electron chi connectivity index (χ1n) is 10.1. The van der Waals surface area contributed by atoms with Crippen molar-refractivity contribution in [1.29, 1.82) is 0 Å². The maximum atomic E-state index is 11.3. The normalized spacial score (nSPS) is 15.0. The van der Waals surface area contributed by atoms with Gasteiger partial charge in [-0.15, -0.1) is 0 Å². The fraction of sp³-hybridized carbons (Fsp3) is 0.269. The molecule has 1 aliphatic rings. The van der Waals surface area contributed by atoms with Crippen LogP contribution in [0.3, 0.4) is 0 Å². The first kappa shape index (κ1) is 19.3. The second-order valence-electron chi connectivity index (χ2n) is 7.64. The predicted octanol–water partition coefficient (Wildman–Crippen LogP) is 5.83. The molecule has 0 radical (unpaired) electrons. The third kappa shape index (κ3) is 4.51. The van der Waals surface area contributed by atoms with E-state index in [4.69, 9.17) is 9.47 Å². The van der Waals surface area contributed by atoms with E-state index in [1.54, 1.807) is 0 Å². The topological polar surface area (TPSA) is 35.5 Å². The molecule has 4 rings (SSSR count). The van der Waals surface area contributed by atoms with Gasteiger partial charge in [0, 0.05) is 6.42 Å². The van der Waals surface area contributed by atoms with Crippen molar-refractivity contribution in [3.63, 3.8) is 0 Å². The highest BCUT2D eigenvalue weighted by Crippen LogP contribution is 2.37. The van der Waals surface area contributed by atoms with Crippen LogP contribution in [0.2, 0.25) is 0 Å². The Balaban J connectivity index is 1.43. The van der Waals surface area contributed by atoms with Gasteiger partial charge in [-0.05, 0) is 66.1 Å². The van der Waals surface area contributed by atoms with Gasteiger partial charge in [0.25, 0.3) is 0 Å². The Hall–Kier alpha value is -3.07. The number of hydrogen-bond donors (Lipinski definition) is 0. The molecule has 0 saturated carbocycles. The average Bonchev–Trinajstić information content (AvgIpc) is 3.15. The second-order valence-corrected chi connectivity index (χ2v) is 7.64. The summed E-state index contributed by atoms with van der Waals surface area (Å²) in [6.45, 7) is 2.11. The van der Waals surface area contributed by atoms with E-state index < -0.39 is 0 Å². The van der Waals surface area contributed by atoms with E-state index in [1.807, 2.05) is 24.3 Å². The summed E-state index contributed by atoms with van der Waals surface area (Å²) in [5, 5.41) is 0. The number of fused-ring (bicyclic) bond motifs is 1. The number of aryl methyl sites for hydroxylation is 3. The van der Waals surface area contributed by atoms with E-state index in [1.165, 1.54) is 34.9 Å². The third-order valence-corrected chi connectivity index (χ3v) is 5.60. The molecule has 1 unspecified atom stereocenters. The van der Waals surface area contributed by atoms with Gasteiger partial charge in [0.05, 0.1) is 7.11 Å². The minimum Gasteiger partial charge on any atom is -0.486 e. The summed E-state index contributed by atoms with van der Waals surface area (Å²) in [6, 6.07) is 23.4. The number of ether oxygens (including phenoxy) is 2. The minimum atomic E-state index is -0.183. The molecule has 1 atom stereocenters. The molecule has 0 N–H and O–H groups in total. The molecule has 0 heterocycles. The molecule has 3 aromatic rings. The summed E-state index contributed by atoms with van der Waals surface area (Å²) in [4.78, 5) is 11.3. The van der Waals surface area contributed by atoms with Crippen molar-refractivity contribution in [2.24, 2.45) is 0 Å². The molecule has 3 heteroatoms.